The van der Waals surface area contributed by atoms with Gasteiger partial charge in [-0.05, 0) is 6.42 Å². The van der Waals surface area contributed by atoms with Gasteiger partial charge in [-0.2, -0.15) is 0 Å². The van der Waals surface area contributed by atoms with Crippen LogP contribution in [0.5, 0.6) is 0 Å². The number of carboxylic acids is 1. The summed E-state index contributed by atoms with van der Waals surface area (Å²) in [7, 11) is 0. The Kier molecular flexibility index (Phi) is 2.48. The lowest BCUT2D eigenvalue weighted by molar-refractivity contribution is -0.131. The van der Waals surface area contributed by atoms with Crippen LogP contribution in [0.4, 0.5) is 0 Å². The van der Waals surface area contributed by atoms with Gasteiger partial charge in [0.1, 0.15) is 0 Å². The zero-order valence-electron chi connectivity index (χ0n) is 6.23. The van der Waals surface area contributed by atoms with E-state index in [0.29, 0.717) is 0 Å². The van der Waals surface area contributed by atoms with E-state index < -0.39 is 5.97 Å². The van der Waals surface area contributed by atoms with Gasteiger partial charge in [0, 0.05) is 31.4 Å². The van der Waals surface area contributed by atoms with E-state index in [2.05, 4.69) is 0 Å². The van der Waals surface area contributed by atoms with E-state index in [-0.39, 0.29) is 6.04 Å². The van der Waals surface area contributed by atoms with Crippen LogP contribution in [-0.4, -0.2) is 35.1 Å². The smallest absolute Gasteiger partial charge is 0.329 e. The van der Waals surface area contributed by atoms with E-state index in [4.69, 9.17) is 10.8 Å². The van der Waals surface area contributed by atoms with Crippen LogP contribution in [0.25, 0.3) is 0 Å². The lowest BCUT2D eigenvalue weighted by Gasteiger charge is -2.09. The number of nitrogens with two attached hydrogens (primary N) is 1. The van der Waals surface area contributed by atoms with Crippen LogP contribution in [0.3, 0.4) is 0 Å². The van der Waals surface area contributed by atoms with Crippen molar-refractivity contribution in [3.8, 4) is 0 Å². The Morgan fingerprint density at radius 1 is 1.73 bits per heavy atom. The first-order chi connectivity index (χ1) is 5.18. The number of nitrogens with zero attached hydrogens (tertiary/aromatic N) is 1. The first-order valence-electron chi connectivity index (χ1n) is 3.59. The molecule has 0 spiro atoms. The molecule has 1 aliphatic heterocycles. The lowest BCUT2D eigenvalue weighted by atomic mass is 10.3. The Morgan fingerprint density at radius 3 is 2.91 bits per heavy atom. The van der Waals surface area contributed by atoms with Gasteiger partial charge in [-0.1, -0.05) is 0 Å². The normalized spacial score (nSPS) is 24.8. The average Bonchev–Trinajstić information content (AvgIpc) is 2.31. The number of likely N-dealkylation sites (tertiary alicyclic amines) is 1. The molecule has 0 amide bonds. The molecule has 1 saturated heterocycles. The summed E-state index contributed by atoms with van der Waals surface area (Å²) >= 11 is 0. The standard InChI is InChI=1S/C7H12N2O2/c8-6-1-3-9(5-6)4-2-7(10)11/h2,4,6H,1,3,5,8H2,(H,10,11)/b4-2+. The number of rotatable bonds is 2. The molecule has 0 aliphatic carbocycles. The van der Waals surface area contributed by atoms with Crippen LogP contribution in [0.1, 0.15) is 6.42 Å². The summed E-state index contributed by atoms with van der Waals surface area (Å²) < 4.78 is 0. The molecule has 11 heavy (non-hydrogen) atoms. The summed E-state index contributed by atoms with van der Waals surface area (Å²) in [6.07, 6.45) is 3.66. The van der Waals surface area contributed by atoms with Crippen molar-refractivity contribution in [1.29, 1.82) is 0 Å². The van der Waals surface area contributed by atoms with Crippen LogP contribution in [-0.2, 0) is 4.79 Å². The molecule has 0 radical (unpaired) electrons. The highest BCUT2D eigenvalue weighted by Crippen LogP contribution is 2.06. The van der Waals surface area contributed by atoms with Crippen molar-refractivity contribution in [2.75, 3.05) is 13.1 Å². The van der Waals surface area contributed by atoms with Crippen molar-refractivity contribution in [3.63, 3.8) is 0 Å². The highest BCUT2D eigenvalue weighted by molar-refractivity contribution is 5.79. The zero-order chi connectivity index (χ0) is 8.27. The van der Waals surface area contributed by atoms with E-state index in [1.807, 2.05) is 4.90 Å². The minimum atomic E-state index is -0.912. The monoisotopic (exact) mass is 156 g/mol. The molecule has 3 N–H and O–H groups in total. The number of hydrogen-bond acceptors (Lipinski definition) is 3. The summed E-state index contributed by atoms with van der Waals surface area (Å²) in [5.74, 6) is -0.912. The SMILES string of the molecule is NC1CCN(/C=C/C(=O)O)C1. The second kappa shape index (κ2) is 3.39. The molecule has 0 aromatic heterocycles. The van der Waals surface area contributed by atoms with Crippen LogP contribution in [0.15, 0.2) is 12.3 Å². The Morgan fingerprint density at radius 2 is 2.45 bits per heavy atom. The van der Waals surface area contributed by atoms with Gasteiger partial charge < -0.3 is 15.7 Å². The fourth-order valence-corrected chi connectivity index (χ4v) is 1.12. The van der Waals surface area contributed by atoms with Gasteiger partial charge in [0.25, 0.3) is 0 Å². The van der Waals surface area contributed by atoms with E-state index in [0.717, 1.165) is 25.6 Å². The van der Waals surface area contributed by atoms with Crippen LogP contribution in [0, 0.1) is 0 Å². The minimum Gasteiger partial charge on any atom is -0.478 e. The molecule has 0 aromatic rings. The number of carboxylic acid groups (broad SMARTS) is 1. The van der Waals surface area contributed by atoms with Gasteiger partial charge >= 0.3 is 5.97 Å². The molecule has 1 rings (SSSR count). The van der Waals surface area contributed by atoms with Gasteiger partial charge in [-0.3, -0.25) is 0 Å². The molecule has 0 saturated carbocycles. The molecule has 4 heteroatoms. The summed E-state index contributed by atoms with van der Waals surface area (Å²) in [6, 6.07) is 0.202. The van der Waals surface area contributed by atoms with Crippen molar-refractivity contribution >= 4 is 5.97 Å². The lowest BCUT2D eigenvalue weighted by Crippen LogP contribution is -2.23. The second-order valence-corrected chi connectivity index (χ2v) is 2.70. The maximum absolute atomic E-state index is 10.1. The van der Waals surface area contributed by atoms with Crippen LogP contribution >= 0.6 is 0 Å². The molecule has 4 nitrogen and oxygen atoms in total. The van der Waals surface area contributed by atoms with Crippen LogP contribution < -0.4 is 5.73 Å². The molecule has 0 bridgehead atoms. The number of hydrogen-bond donors (Lipinski definition) is 2. The van der Waals surface area contributed by atoms with Crippen molar-refractivity contribution in [1.82, 2.24) is 4.90 Å². The van der Waals surface area contributed by atoms with Crippen molar-refractivity contribution in [3.05, 3.63) is 12.3 Å². The average molecular weight is 156 g/mol. The van der Waals surface area contributed by atoms with Gasteiger partial charge in [0.05, 0.1) is 0 Å². The molecule has 1 aliphatic rings. The first kappa shape index (κ1) is 8.07. The number of aliphatic carboxylic acids is 1. The molecule has 1 unspecified atom stereocenters. The van der Waals surface area contributed by atoms with E-state index in [1.165, 1.54) is 0 Å². The minimum absolute atomic E-state index is 0.202. The molecule has 1 atom stereocenters. The van der Waals surface area contributed by atoms with Crippen molar-refractivity contribution < 1.29 is 9.90 Å². The van der Waals surface area contributed by atoms with Gasteiger partial charge in [0.2, 0.25) is 0 Å². The summed E-state index contributed by atoms with van der Waals surface area (Å²) in [5.41, 5.74) is 5.61. The second-order valence-electron chi connectivity index (χ2n) is 2.70. The quantitative estimate of drug-likeness (QED) is 0.535. The molecule has 0 aromatic carbocycles. The third kappa shape index (κ3) is 2.59. The predicted octanol–water partition coefficient (Wildman–Crippen LogP) is -0.382. The van der Waals surface area contributed by atoms with Crippen molar-refractivity contribution in [2.45, 2.75) is 12.5 Å². The van der Waals surface area contributed by atoms with Gasteiger partial charge in [-0.15, -0.1) is 0 Å². The zero-order valence-corrected chi connectivity index (χ0v) is 6.23. The fraction of sp³-hybridized carbons (Fsp3) is 0.571. The van der Waals surface area contributed by atoms with E-state index in [1.54, 1.807) is 6.20 Å². The highest BCUT2D eigenvalue weighted by Gasteiger charge is 2.15. The first-order valence-corrected chi connectivity index (χ1v) is 3.59. The maximum Gasteiger partial charge on any atom is 0.329 e. The molecular weight excluding hydrogens is 144 g/mol. The van der Waals surface area contributed by atoms with Crippen LogP contribution in [0.2, 0.25) is 0 Å². The van der Waals surface area contributed by atoms with E-state index >= 15 is 0 Å². The Balaban J connectivity index is 2.33. The summed E-state index contributed by atoms with van der Waals surface area (Å²) in [5, 5.41) is 8.29. The van der Waals surface area contributed by atoms with Gasteiger partial charge in [0.15, 0.2) is 0 Å². The molecule has 62 valence electrons. The third-order valence-corrected chi connectivity index (χ3v) is 1.68. The topological polar surface area (TPSA) is 66.6 Å². The largest absolute Gasteiger partial charge is 0.478 e. The Labute approximate surface area is 65.3 Å². The summed E-state index contributed by atoms with van der Waals surface area (Å²) in [6.45, 7) is 1.63. The molecular formula is C7H12N2O2. The van der Waals surface area contributed by atoms with E-state index in [9.17, 15) is 4.79 Å². The third-order valence-electron chi connectivity index (χ3n) is 1.68. The fourth-order valence-electron chi connectivity index (χ4n) is 1.12. The highest BCUT2D eigenvalue weighted by atomic mass is 16.4. The molecule has 1 fully saturated rings. The predicted molar refractivity (Wildman–Crippen MR) is 40.9 cm³/mol. The van der Waals surface area contributed by atoms with Crippen molar-refractivity contribution in [2.24, 2.45) is 5.73 Å². The number of carbonyl (C=O) groups is 1. The summed E-state index contributed by atoms with van der Waals surface area (Å²) in [4.78, 5) is 12.0. The Bertz CT molecular complexity index is 179. The Hall–Kier alpha value is -1.03. The van der Waals surface area contributed by atoms with Gasteiger partial charge in [-0.25, -0.2) is 4.79 Å². The maximum atomic E-state index is 10.1. The molecule has 1 heterocycles.